The number of nitrogens with zero attached hydrogens (tertiary/aromatic N) is 1. The van der Waals surface area contributed by atoms with Gasteiger partial charge in [0.2, 0.25) is 0 Å². The third kappa shape index (κ3) is 11.4. The summed E-state index contributed by atoms with van der Waals surface area (Å²) in [6.07, 6.45) is 4.69. The molecule has 0 aromatic heterocycles. The molecular formula is C27H39MgNO5. The lowest BCUT2D eigenvalue weighted by molar-refractivity contribution is -0.150. The van der Waals surface area contributed by atoms with E-state index >= 15 is 0 Å². The van der Waals surface area contributed by atoms with E-state index in [4.69, 9.17) is 9.47 Å². The number of carbonyl (C=O) groups excluding carboxylic acids is 1. The molecule has 0 radical (unpaired) electrons. The Labute approximate surface area is 219 Å². The molecule has 0 aliphatic carbocycles. The van der Waals surface area contributed by atoms with Gasteiger partial charge in [-0.3, -0.25) is 4.79 Å². The number of hydrogen-bond acceptors (Lipinski definition) is 4. The third-order valence-electron chi connectivity index (χ3n) is 5.50. The van der Waals surface area contributed by atoms with E-state index in [0.29, 0.717) is 18.9 Å². The van der Waals surface area contributed by atoms with E-state index in [-0.39, 0.29) is 42.0 Å². The van der Waals surface area contributed by atoms with Gasteiger partial charge in [-0.2, -0.15) is 0 Å². The van der Waals surface area contributed by atoms with Gasteiger partial charge in [-0.25, -0.2) is 4.79 Å². The van der Waals surface area contributed by atoms with Crippen molar-refractivity contribution >= 4 is 34.9 Å². The molecule has 0 spiro atoms. The number of aliphatic carboxylic acids is 1. The van der Waals surface area contributed by atoms with Crippen LogP contribution in [0.15, 0.2) is 54.6 Å². The van der Waals surface area contributed by atoms with Gasteiger partial charge in [-0.15, -0.1) is 0 Å². The lowest BCUT2D eigenvalue weighted by Crippen LogP contribution is -2.37. The van der Waals surface area contributed by atoms with E-state index in [1.54, 1.807) is 19.1 Å². The van der Waals surface area contributed by atoms with E-state index < -0.39 is 12.1 Å². The first kappa shape index (κ1) is 29.9. The van der Waals surface area contributed by atoms with Crippen LogP contribution < -0.4 is 4.74 Å². The van der Waals surface area contributed by atoms with Crippen molar-refractivity contribution in [2.75, 3.05) is 26.3 Å². The Balaban J connectivity index is 0.00000578. The maximum Gasteiger partial charge on any atom is 0.333 e. The highest BCUT2D eigenvalue weighted by atomic mass is 24.3. The molecule has 0 saturated carbocycles. The second-order valence-electron chi connectivity index (χ2n) is 8.10. The number of amides is 1. The summed E-state index contributed by atoms with van der Waals surface area (Å²) in [6, 6.07) is 17.3. The van der Waals surface area contributed by atoms with Crippen molar-refractivity contribution in [2.24, 2.45) is 0 Å². The predicted octanol–water partition coefficient (Wildman–Crippen LogP) is 3.83. The molecule has 1 amide bonds. The molecule has 7 heteroatoms. The molecule has 0 heterocycles. The number of hydrogen-bond donors (Lipinski definition) is 1. The minimum atomic E-state index is -0.975. The zero-order valence-corrected chi connectivity index (χ0v) is 19.9. The number of benzene rings is 2. The highest BCUT2D eigenvalue weighted by Crippen LogP contribution is 2.15. The van der Waals surface area contributed by atoms with E-state index in [0.717, 1.165) is 37.8 Å². The van der Waals surface area contributed by atoms with Gasteiger partial charge in [0.25, 0.3) is 5.91 Å². The van der Waals surface area contributed by atoms with Gasteiger partial charge in [0, 0.05) is 26.1 Å². The van der Waals surface area contributed by atoms with Crippen molar-refractivity contribution in [1.29, 1.82) is 0 Å². The fourth-order valence-electron chi connectivity index (χ4n) is 3.59. The Morgan fingerprint density at radius 1 is 0.912 bits per heavy atom. The maximum absolute atomic E-state index is 12.9. The minimum Gasteiger partial charge on any atom is -0.484 e. The molecule has 0 unspecified atom stereocenters. The second kappa shape index (κ2) is 17.4. The third-order valence-corrected chi connectivity index (χ3v) is 5.50. The molecule has 34 heavy (non-hydrogen) atoms. The van der Waals surface area contributed by atoms with Crippen LogP contribution in [0.3, 0.4) is 0 Å². The smallest absolute Gasteiger partial charge is 0.333 e. The van der Waals surface area contributed by atoms with Crippen LogP contribution in [0.25, 0.3) is 0 Å². The van der Waals surface area contributed by atoms with Gasteiger partial charge in [-0.1, -0.05) is 68.7 Å². The van der Waals surface area contributed by atoms with Gasteiger partial charge >= 0.3 is 29.0 Å². The van der Waals surface area contributed by atoms with Crippen molar-refractivity contribution in [1.82, 2.24) is 4.90 Å². The maximum atomic E-state index is 12.9. The number of carboxylic acids is 1. The molecule has 2 aromatic carbocycles. The van der Waals surface area contributed by atoms with Crippen LogP contribution in [0.2, 0.25) is 0 Å². The first-order valence-electron chi connectivity index (χ1n) is 11.9. The molecule has 184 valence electrons. The van der Waals surface area contributed by atoms with Gasteiger partial charge < -0.3 is 19.5 Å². The van der Waals surface area contributed by atoms with E-state index in [1.807, 2.05) is 35.2 Å². The molecular weight excluding hydrogens is 443 g/mol. The number of carboxylic acid groups (broad SMARTS) is 1. The molecule has 2 aromatic rings. The Morgan fingerprint density at radius 3 is 2.24 bits per heavy atom. The lowest BCUT2D eigenvalue weighted by atomic mass is 10.1. The molecule has 0 fully saturated rings. The van der Waals surface area contributed by atoms with Gasteiger partial charge in [0.05, 0.1) is 0 Å². The number of ether oxygens (including phenoxy) is 2. The fraction of sp³-hybridized carbons (Fsp3) is 0.481. The van der Waals surface area contributed by atoms with Gasteiger partial charge in [0.15, 0.2) is 12.7 Å². The highest BCUT2D eigenvalue weighted by Gasteiger charge is 2.18. The largest absolute Gasteiger partial charge is 0.484 e. The molecule has 0 saturated heterocycles. The SMILES string of the molecule is CCCCCCN(CCc1ccccc1)C(=O)COc1ccc(C[C@H](OCC)C(=O)O)cc1.[MgH2]. The molecule has 2 rings (SSSR count). The Bertz CT molecular complexity index is 829. The van der Waals surface area contributed by atoms with E-state index in [9.17, 15) is 14.7 Å². The zero-order valence-electron chi connectivity index (χ0n) is 19.9. The summed E-state index contributed by atoms with van der Waals surface area (Å²) in [5.74, 6) is -0.407. The monoisotopic (exact) mass is 481 g/mol. The molecule has 1 N–H and O–H groups in total. The number of unbranched alkanes of at least 4 members (excludes halogenated alkanes) is 3. The second-order valence-corrected chi connectivity index (χ2v) is 8.10. The van der Waals surface area contributed by atoms with Crippen LogP contribution in [0.1, 0.15) is 50.7 Å². The summed E-state index contributed by atoms with van der Waals surface area (Å²) in [5, 5.41) is 9.23. The van der Waals surface area contributed by atoms with Crippen molar-refractivity contribution < 1.29 is 24.2 Å². The normalized spacial score (nSPS) is 11.4. The van der Waals surface area contributed by atoms with Crippen LogP contribution in [0.4, 0.5) is 0 Å². The van der Waals surface area contributed by atoms with Crippen LogP contribution in [-0.2, 0) is 27.2 Å². The van der Waals surface area contributed by atoms with Crippen molar-refractivity contribution in [2.45, 2.75) is 58.5 Å². The zero-order chi connectivity index (χ0) is 23.9. The summed E-state index contributed by atoms with van der Waals surface area (Å²) >= 11 is 0. The van der Waals surface area contributed by atoms with Crippen LogP contribution in [0.5, 0.6) is 5.75 Å². The summed E-state index contributed by atoms with van der Waals surface area (Å²) < 4.78 is 11.0. The molecule has 6 nitrogen and oxygen atoms in total. The summed E-state index contributed by atoms with van der Waals surface area (Å²) in [7, 11) is 0. The molecule has 0 aliphatic heterocycles. The molecule has 1 atom stereocenters. The van der Waals surface area contributed by atoms with Crippen molar-refractivity contribution in [3.8, 4) is 5.75 Å². The first-order valence-corrected chi connectivity index (χ1v) is 11.9. The van der Waals surface area contributed by atoms with Crippen LogP contribution in [0, 0.1) is 0 Å². The van der Waals surface area contributed by atoms with E-state index in [2.05, 4.69) is 19.1 Å². The van der Waals surface area contributed by atoms with E-state index in [1.165, 1.54) is 12.0 Å². The first-order chi connectivity index (χ1) is 16.0. The standard InChI is InChI=1S/C27H37NO5.Mg.2H/c1-3-5-6-10-18-28(19-17-22-11-8-7-9-12-22)26(29)21-33-24-15-13-23(14-16-24)20-25(27(30)31)32-4-2;;;/h7-9,11-16,25H,3-6,10,17-21H2,1-2H3,(H,30,31);;;/t25-;;;/m0.../s1. The van der Waals surface area contributed by atoms with Crippen LogP contribution >= 0.6 is 0 Å². The topological polar surface area (TPSA) is 76.1 Å². The van der Waals surface area contributed by atoms with Gasteiger partial charge in [0.1, 0.15) is 5.75 Å². The molecule has 0 aliphatic rings. The number of carbonyl (C=O) groups is 2. The molecule has 0 bridgehead atoms. The van der Waals surface area contributed by atoms with Crippen molar-refractivity contribution in [3.05, 3.63) is 65.7 Å². The van der Waals surface area contributed by atoms with Crippen molar-refractivity contribution in [3.63, 3.8) is 0 Å². The Hall–Kier alpha value is -2.09. The lowest BCUT2D eigenvalue weighted by Gasteiger charge is -2.23. The quantitative estimate of drug-likeness (QED) is 0.291. The minimum absolute atomic E-state index is 0. The summed E-state index contributed by atoms with van der Waals surface area (Å²) in [5.41, 5.74) is 2.06. The number of rotatable bonds is 16. The van der Waals surface area contributed by atoms with Gasteiger partial charge in [-0.05, 0) is 43.0 Å². The summed E-state index contributed by atoms with van der Waals surface area (Å²) in [4.78, 5) is 26.0. The Kier molecular flexibility index (Phi) is 15.3. The highest BCUT2D eigenvalue weighted by molar-refractivity contribution is 5.77. The summed E-state index contributed by atoms with van der Waals surface area (Å²) in [6.45, 7) is 5.69. The van der Waals surface area contributed by atoms with Crippen LogP contribution in [-0.4, -0.2) is 77.3 Å². The fourth-order valence-corrected chi connectivity index (χ4v) is 3.59. The predicted molar refractivity (Wildman–Crippen MR) is 138 cm³/mol. The average molecular weight is 482 g/mol. The Morgan fingerprint density at radius 2 is 1.62 bits per heavy atom. The average Bonchev–Trinajstić information content (AvgIpc) is 2.83.